The molecule has 9 nitrogen and oxygen atoms in total. The van der Waals surface area contributed by atoms with Crippen LogP contribution in [-0.2, 0) is 11.2 Å². The number of benzene rings is 2. The summed E-state index contributed by atoms with van der Waals surface area (Å²) in [5.41, 5.74) is 2.32. The summed E-state index contributed by atoms with van der Waals surface area (Å²) in [7, 11) is 1.51. The lowest BCUT2D eigenvalue weighted by atomic mass is 9.90. The summed E-state index contributed by atoms with van der Waals surface area (Å²) in [4.78, 5) is 0. The molecule has 3 aromatic rings. The van der Waals surface area contributed by atoms with Crippen LogP contribution in [-0.4, -0.2) is 68.8 Å². The van der Waals surface area contributed by atoms with Crippen molar-refractivity contribution in [2.45, 2.75) is 36.9 Å². The van der Waals surface area contributed by atoms with E-state index in [9.17, 15) is 20.4 Å². The minimum Gasteiger partial charge on any atom is -0.480 e. The molecule has 1 fully saturated rings. The average Bonchev–Trinajstić information content (AvgIpc) is 2.86. The predicted octanol–water partition coefficient (Wildman–Crippen LogP) is 2.04. The summed E-state index contributed by atoms with van der Waals surface area (Å²) in [5.74, 6) is 1.32. The highest BCUT2D eigenvalue weighted by Crippen LogP contribution is 2.34. The van der Waals surface area contributed by atoms with E-state index in [-0.39, 0.29) is 0 Å². The quantitative estimate of drug-likeness (QED) is 0.394. The molecule has 1 saturated heterocycles. The van der Waals surface area contributed by atoms with Gasteiger partial charge in [-0.25, -0.2) is 0 Å². The van der Waals surface area contributed by atoms with Crippen LogP contribution in [0.25, 0.3) is 0 Å². The molecule has 1 aliphatic heterocycles. The fraction of sp³-hybridized carbons (Fsp3) is 0.333. The second kappa shape index (κ2) is 10.6. The van der Waals surface area contributed by atoms with E-state index in [0.29, 0.717) is 34.5 Å². The van der Waals surface area contributed by atoms with E-state index in [0.717, 1.165) is 11.1 Å². The number of nitrogens with zero attached hydrogens (tertiary/aromatic N) is 2. The van der Waals surface area contributed by atoms with Crippen LogP contribution in [0.15, 0.2) is 54.6 Å². The Bertz CT molecular complexity index is 1100. The van der Waals surface area contributed by atoms with E-state index in [4.69, 9.17) is 25.8 Å². The lowest BCUT2D eigenvalue weighted by molar-refractivity contribution is -0.231. The van der Waals surface area contributed by atoms with Crippen LogP contribution in [0.2, 0.25) is 5.02 Å². The molecular formula is C24H25ClN2O7. The van der Waals surface area contributed by atoms with Crippen LogP contribution in [0.3, 0.4) is 0 Å². The molecule has 0 aliphatic carbocycles. The first-order chi connectivity index (χ1) is 16.4. The van der Waals surface area contributed by atoms with Crippen molar-refractivity contribution < 1.29 is 34.6 Å². The normalized spacial score (nSPS) is 24.6. The van der Waals surface area contributed by atoms with Crippen molar-refractivity contribution in [2.24, 2.45) is 0 Å². The third-order valence-corrected chi connectivity index (χ3v) is 6.02. The van der Waals surface area contributed by atoms with Crippen molar-refractivity contribution in [2.75, 3.05) is 13.7 Å². The zero-order valence-electron chi connectivity index (χ0n) is 18.3. The van der Waals surface area contributed by atoms with Gasteiger partial charge < -0.3 is 34.6 Å². The van der Waals surface area contributed by atoms with E-state index >= 15 is 0 Å². The Hall–Kier alpha value is -2.79. The van der Waals surface area contributed by atoms with Gasteiger partial charge in [0.1, 0.15) is 36.3 Å². The Morgan fingerprint density at radius 1 is 0.912 bits per heavy atom. The third kappa shape index (κ3) is 5.30. The van der Waals surface area contributed by atoms with E-state index in [1.807, 2.05) is 12.1 Å². The molecule has 1 aromatic heterocycles. The molecule has 4 N–H and O–H groups in total. The highest BCUT2D eigenvalue weighted by Gasteiger charge is 2.44. The molecule has 0 amide bonds. The van der Waals surface area contributed by atoms with Crippen LogP contribution in [0.1, 0.15) is 22.8 Å². The summed E-state index contributed by atoms with van der Waals surface area (Å²) in [6.07, 6.45) is -5.62. The van der Waals surface area contributed by atoms with Crippen LogP contribution in [0, 0.1) is 0 Å². The van der Waals surface area contributed by atoms with Crippen molar-refractivity contribution in [1.82, 2.24) is 10.2 Å². The third-order valence-electron chi connectivity index (χ3n) is 5.66. The second-order valence-electron chi connectivity index (χ2n) is 7.94. The van der Waals surface area contributed by atoms with Gasteiger partial charge in [-0.1, -0.05) is 35.9 Å². The number of rotatable bonds is 7. The summed E-state index contributed by atoms with van der Waals surface area (Å²) >= 11 is 6.41. The van der Waals surface area contributed by atoms with Gasteiger partial charge in [-0.05, 0) is 41.3 Å². The molecule has 2 heterocycles. The zero-order valence-corrected chi connectivity index (χ0v) is 19.0. The minimum atomic E-state index is -1.45. The molecule has 0 spiro atoms. The number of aromatic nitrogens is 2. The van der Waals surface area contributed by atoms with Crippen molar-refractivity contribution >= 4 is 11.6 Å². The molecule has 1 aliphatic rings. The number of aliphatic hydroxyl groups excluding tert-OH is 4. The van der Waals surface area contributed by atoms with Crippen LogP contribution in [0.5, 0.6) is 17.5 Å². The molecule has 180 valence electrons. The Balaban J connectivity index is 1.48. The molecule has 0 saturated carbocycles. The first-order valence-electron chi connectivity index (χ1n) is 10.6. The number of hydrogen-bond acceptors (Lipinski definition) is 9. The Morgan fingerprint density at radius 2 is 1.62 bits per heavy atom. The SMILES string of the molecule is COc1ccc(Oc2ccc(Cc3cc([C@@H]4O[C@H](CO)[C@@H](O)[C@H](O)[C@H]4O)ccc3Cl)cc2)nn1. The number of aliphatic hydroxyl groups is 4. The topological polar surface area (TPSA) is 134 Å². The van der Waals surface area contributed by atoms with Crippen molar-refractivity contribution in [1.29, 1.82) is 0 Å². The van der Waals surface area contributed by atoms with E-state index in [1.165, 1.54) is 7.11 Å². The molecule has 2 aromatic carbocycles. The largest absolute Gasteiger partial charge is 0.480 e. The second-order valence-corrected chi connectivity index (χ2v) is 8.34. The van der Waals surface area contributed by atoms with Gasteiger partial charge >= 0.3 is 0 Å². The van der Waals surface area contributed by atoms with Gasteiger partial charge in [-0.2, -0.15) is 0 Å². The Labute approximate surface area is 201 Å². The number of methoxy groups -OCH3 is 1. The molecule has 10 heteroatoms. The zero-order chi connectivity index (χ0) is 24.2. The molecule has 0 unspecified atom stereocenters. The van der Waals surface area contributed by atoms with Crippen molar-refractivity contribution in [3.8, 4) is 17.5 Å². The highest BCUT2D eigenvalue weighted by atomic mass is 35.5. The first kappa shape index (κ1) is 24.3. The molecule has 5 atom stereocenters. The van der Waals surface area contributed by atoms with Gasteiger partial charge in [0.05, 0.1) is 13.7 Å². The predicted molar refractivity (Wildman–Crippen MR) is 122 cm³/mol. The summed E-state index contributed by atoms with van der Waals surface area (Å²) in [6, 6.07) is 15.9. The van der Waals surface area contributed by atoms with E-state index in [2.05, 4.69) is 10.2 Å². The number of hydrogen-bond donors (Lipinski definition) is 4. The number of halogens is 1. The maximum atomic E-state index is 10.4. The highest BCUT2D eigenvalue weighted by molar-refractivity contribution is 6.31. The fourth-order valence-electron chi connectivity index (χ4n) is 3.77. The molecule has 34 heavy (non-hydrogen) atoms. The van der Waals surface area contributed by atoms with Gasteiger partial charge in [-0.3, -0.25) is 0 Å². The summed E-state index contributed by atoms with van der Waals surface area (Å²) in [6.45, 7) is -0.488. The van der Waals surface area contributed by atoms with Crippen LogP contribution in [0.4, 0.5) is 0 Å². The first-order valence-corrected chi connectivity index (χ1v) is 11.0. The molecule has 4 rings (SSSR count). The minimum absolute atomic E-state index is 0.337. The molecule has 0 radical (unpaired) electrons. The van der Waals surface area contributed by atoms with Crippen LogP contribution >= 0.6 is 11.6 Å². The maximum Gasteiger partial charge on any atom is 0.239 e. The average molecular weight is 489 g/mol. The fourth-order valence-corrected chi connectivity index (χ4v) is 3.96. The van der Waals surface area contributed by atoms with Crippen molar-refractivity contribution in [3.05, 3.63) is 76.3 Å². The van der Waals surface area contributed by atoms with Crippen LogP contribution < -0.4 is 9.47 Å². The van der Waals surface area contributed by atoms with Crippen molar-refractivity contribution in [3.63, 3.8) is 0 Å². The van der Waals surface area contributed by atoms with E-state index in [1.54, 1.807) is 42.5 Å². The lowest BCUT2D eigenvalue weighted by Gasteiger charge is -2.40. The molecular weight excluding hydrogens is 464 g/mol. The summed E-state index contributed by atoms with van der Waals surface area (Å²) in [5, 5.41) is 48.3. The molecule has 0 bridgehead atoms. The maximum absolute atomic E-state index is 10.4. The van der Waals surface area contributed by atoms with E-state index < -0.39 is 37.1 Å². The van der Waals surface area contributed by atoms with Gasteiger partial charge in [0.2, 0.25) is 11.8 Å². The lowest BCUT2D eigenvalue weighted by Crippen LogP contribution is -2.55. The Morgan fingerprint density at radius 3 is 2.26 bits per heavy atom. The monoisotopic (exact) mass is 488 g/mol. The standard InChI is InChI=1S/C24H25ClN2O7/c1-32-19-8-9-20(27-26-19)33-16-5-2-13(3-6-16)10-15-11-14(4-7-17(15)25)24-23(31)22(30)21(29)18(12-28)34-24/h2-9,11,18,21-24,28-31H,10,12H2,1H3/t18-,21-,22+,23-,24+/m1/s1. The summed E-state index contributed by atoms with van der Waals surface area (Å²) < 4.78 is 16.3. The Kier molecular flexibility index (Phi) is 7.62. The van der Waals surface area contributed by atoms with Gasteiger partial charge in [0.15, 0.2) is 0 Å². The van der Waals surface area contributed by atoms with Gasteiger partial charge in [0.25, 0.3) is 0 Å². The van der Waals surface area contributed by atoms with Gasteiger partial charge in [-0.15, -0.1) is 10.2 Å². The smallest absolute Gasteiger partial charge is 0.239 e. The number of ether oxygens (including phenoxy) is 3. The van der Waals surface area contributed by atoms with Gasteiger partial charge in [0, 0.05) is 17.2 Å².